The molecule has 2 heteroatoms. The molecule has 0 unspecified atom stereocenters. The van der Waals surface area contributed by atoms with E-state index in [0.29, 0.717) is 0 Å². The van der Waals surface area contributed by atoms with Crippen LogP contribution in [-0.2, 0) is 0 Å². The summed E-state index contributed by atoms with van der Waals surface area (Å²) in [5.41, 5.74) is 3.44. The lowest BCUT2D eigenvalue weighted by Crippen LogP contribution is -1.93. The molecule has 0 amide bonds. The summed E-state index contributed by atoms with van der Waals surface area (Å²) in [5.74, 6) is 0.0709. The number of rotatable bonds is 1. The van der Waals surface area contributed by atoms with Crippen LogP contribution in [-0.4, -0.2) is 5.78 Å². The van der Waals surface area contributed by atoms with Crippen LogP contribution < -0.4 is 0 Å². The molecule has 0 fully saturated rings. The smallest absolute Gasteiger partial charge is 0.160 e. The number of aryl methyl sites for hydroxylation is 1. The molecule has 0 aliphatic heterocycles. The van der Waals surface area contributed by atoms with Crippen molar-refractivity contribution in [3.05, 3.63) is 47.5 Å². The Morgan fingerprint density at radius 3 is 2.65 bits per heavy atom. The summed E-state index contributed by atoms with van der Waals surface area (Å²) in [6.07, 6.45) is 0. The van der Waals surface area contributed by atoms with Gasteiger partial charge in [0.15, 0.2) is 5.78 Å². The highest BCUT2D eigenvalue weighted by molar-refractivity contribution is 6.16. The Kier molecular flexibility index (Phi) is 2.05. The first-order chi connectivity index (χ1) is 8.18. The first-order valence-corrected chi connectivity index (χ1v) is 5.60. The van der Waals surface area contributed by atoms with Gasteiger partial charge in [-0.3, -0.25) is 4.79 Å². The van der Waals surface area contributed by atoms with E-state index in [-0.39, 0.29) is 5.78 Å². The van der Waals surface area contributed by atoms with Crippen LogP contribution in [0.2, 0.25) is 0 Å². The molecule has 1 heterocycles. The van der Waals surface area contributed by atoms with E-state index >= 15 is 0 Å². The Labute approximate surface area is 98.8 Å². The molecule has 2 aromatic carbocycles. The zero-order chi connectivity index (χ0) is 12.0. The molecular formula is C15H12O2. The maximum absolute atomic E-state index is 11.7. The molecule has 3 rings (SSSR count). The fourth-order valence-electron chi connectivity index (χ4n) is 2.25. The number of benzene rings is 2. The van der Waals surface area contributed by atoms with Crippen LogP contribution >= 0.6 is 0 Å². The number of Topliss-reactive ketones (excluding diaryl/α,β-unsaturated/α-hetero) is 1. The van der Waals surface area contributed by atoms with Gasteiger partial charge in [0.1, 0.15) is 11.2 Å². The molecule has 84 valence electrons. The van der Waals surface area contributed by atoms with Gasteiger partial charge in [-0.1, -0.05) is 30.3 Å². The molecule has 0 aliphatic carbocycles. The Balaban J connectivity index is 2.60. The second-order valence-electron chi connectivity index (χ2n) is 4.29. The van der Waals surface area contributed by atoms with E-state index < -0.39 is 0 Å². The summed E-state index contributed by atoms with van der Waals surface area (Å²) in [4.78, 5) is 11.7. The molecule has 0 spiro atoms. The van der Waals surface area contributed by atoms with Gasteiger partial charge in [-0.05, 0) is 25.5 Å². The molecule has 0 bridgehead atoms. The summed E-state index contributed by atoms with van der Waals surface area (Å²) in [6, 6.07) is 11.6. The average molecular weight is 224 g/mol. The number of carbonyl (C=O) groups excluding carboxylic acids is 1. The van der Waals surface area contributed by atoms with Crippen molar-refractivity contribution in [1.29, 1.82) is 0 Å². The second kappa shape index (κ2) is 3.45. The number of para-hydroxylation sites is 1. The summed E-state index contributed by atoms with van der Waals surface area (Å²) >= 11 is 0. The highest BCUT2D eigenvalue weighted by atomic mass is 16.3. The number of hydrogen-bond donors (Lipinski definition) is 0. The maximum Gasteiger partial charge on any atom is 0.160 e. The molecule has 0 radical (unpaired) electrons. The SMILES string of the molecule is CC(=O)c1ccc(C)c2oc3ccccc3c12. The third-order valence-corrected chi connectivity index (χ3v) is 3.10. The molecule has 0 saturated heterocycles. The number of hydrogen-bond acceptors (Lipinski definition) is 2. The lowest BCUT2D eigenvalue weighted by molar-refractivity contribution is 0.101. The van der Waals surface area contributed by atoms with E-state index in [9.17, 15) is 4.79 Å². The predicted molar refractivity (Wildman–Crippen MR) is 68.5 cm³/mol. The van der Waals surface area contributed by atoms with Crippen LogP contribution in [0.3, 0.4) is 0 Å². The first-order valence-electron chi connectivity index (χ1n) is 5.60. The second-order valence-corrected chi connectivity index (χ2v) is 4.29. The van der Waals surface area contributed by atoms with Crippen LogP contribution in [0.1, 0.15) is 22.8 Å². The van der Waals surface area contributed by atoms with Gasteiger partial charge in [0.05, 0.1) is 0 Å². The highest BCUT2D eigenvalue weighted by Gasteiger charge is 2.14. The van der Waals surface area contributed by atoms with E-state index in [1.807, 2.05) is 43.3 Å². The van der Waals surface area contributed by atoms with E-state index in [1.54, 1.807) is 6.92 Å². The van der Waals surface area contributed by atoms with E-state index in [4.69, 9.17) is 4.42 Å². The molecule has 0 aliphatic rings. The van der Waals surface area contributed by atoms with Crippen LogP contribution in [0, 0.1) is 6.92 Å². The van der Waals surface area contributed by atoms with Crippen molar-refractivity contribution in [2.75, 3.05) is 0 Å². The van der Waals surface area contributed by atoms with E-state index in [1.165, 1.54) is 0 Å². The first kappa shape index (κ1) is 10.1. The van der Waals surface area contributed by atoms with Gasteiger partial charge in [-0.25, -0.2) is 0 Å². The Morgan fingerprint density at radius 1 is 1.12 bits per heavy atom. The Hall–Kier alpha value is -2.09. The van der Waals surface area contributed by atoms with Crippen molar-refractivity contribution in [3.8, 4) is 0 Å². The largest absolute Gasteiger partial charge is 0.456 e. The number of ketones is 1. The molecule has 0 atom stereocenters. The van der Waals surface area contributed by atoms with Crippen molar-refractivity contribution < 1.29 is 9.21 Å². The standard InChI is InChI=1S/C15H12O2/c1-9-7-8-11(10(2)16)14-12-5-3-4-6-13(12)17-15(9)14/h3-8H,1-2H3. The highest BCUT2D eigenvalue weighted by Crippen LogP contribution is 2.33. The van der Waals surface area contributed by atoms with Crippen LogP contribution in [0.25, 0.3) is 21.9 Å². The van der Waals surface area contributed by atoms with Crippen molar-refractivity contribution in [2.45, 2.75) is 13.8 Å². The monoisotopic (exact) mass is 224 g/mol. The van der Waals surface area contributed by atoms with Crippen molar-refractivity contribution in [1.82, 2.24) is 0 Å². The van der Waals surface area contributed by atoms with Gasteiger partial charge >= 0.3 is 0 Å². The summed E-state index contributed by atoms with van der Waals surface area (Å²) in [5, 5.41) is 1.95. The van der Waals surface area contributed by atoms with Crippen molar-refractivity contribution in [2.24, 2.45) is 0 Å². The fraction of sp³-hybridized carbons (Fsp3) is 0.133. The average Bonchev–Trinajstić information content (AvgIpc) is 2.69. The van der Waals surface area contributed by atoms with Crippen molar-refractivity contribution in [3.63, 3.8) is 0 Å². The Morgan fingerprint density at radius 2 is 1.88 bits per heavy atom. The lowest BCUT2D eigenvalue weighted by Gasteiger charge is -2.00. The van der Waals surface area contributed by atoms with Gasteiger partial charge in [0.2, 0.25) is 0 Å². The molecule has 0 N–H and O–H groups in total. The molecular weight excluding hydrogens is 212 g/mol. The molecule has 2 nitrogen and oxygen atoms in total. The van der Waals surface area contributed by atoms with Crippen LogP contribution in [0.15, 0.2) is 40.8 Å². The number of carbonyl (C=O) groups is 1. The van der Waals surface area contributed by atoms with E-state index in [0.717, 1.165) is 33.1 Å². The van der Waals surface area contributed by atoms with Crippen LogP contribution in [0.4, 0.5) is 0 Å². The van der Waals surface area contributed by atoms with Gasteiger partial charge < -0.3 is 4.42 Å². The summed E-state index contributed by atoms with van der Waals surface area (Å²) < 4.78 is 5.82. The summed E-state index contributed by atoms with van der Waals surface area (Å²) in [7, 11) is 0. The summed E-state index contributed by atoms with van der Waals surface area (Å²) in [6.45, 7) is 3.58. The molecule has 0 saturated carbocycles. The quantitative estimate of drug-likeness (QED) is 0.582. The van der Waals surface area contributed by atoms with Gasteiger partial charge in [0, 0.05) is 16.3 Å². The molecule has 3 aromatic rings. The zero-order valence-electron chi connectivity index (χ0n) is 9.78. The lowest BCUT2D eigenvalue weighted by atomic mass is 10.0. The minimum absolute atomic E-state index is 0.0709. The number of furan rings is 1. The maximum atomic E-state index is 11.7. The Bertz CT molecular complexity index is 735. The third-order valence-electron chi connectivity index (χ3n) is 3.10. The minimum atomic E-state index is 0.0709. The molecule has 1 aromatic heterocycles. The minimum Gasteiger partial charge on any atom is -0.456 e. The fourth-order valence-corrected chi connectivity index (χ4v) is 2.25. The van der Waals surface area contributed by atoms with Gasteiger partial charge in [-0.2, -0.15) is 0 Å². The topological polar surface area (TPSA) is 30.2 Å². The van der Waals surface area contributed by atoms with Gasteiger partial charge in [-0.15, -0.1) is 0 Å². The van der Waals surface area contributed by atoms with E-state index in [2.05, 4.69) is 0 Å². The normalized spacial score (nSPS) is 11.2. The van der Waals surface area contributed by atoms with Gasteiger partial charge in [0.25, 0.3) is 0 Å². The predicted octanol–water partition coefficient (Wildman–Crippen LogP) is 4.10. The third kappa shape index (κ3) is 1.37. The number of fused-ring (bicyclic) bond motifs is 3. The molecule has 17 heavy (non-hydrogen) atoms. The zero-order valence-corrected chi connectivity index (χ0v) is 9.78. The van der Waals surface area contributed by atoms with Crippen molar-refractivity contribution >= 4 is 27.7 Å². The van der Waals surface area contributed by atoms with Crippen LogP contribution in [0.5, 0.6) is 0 Å².